The quantitative estimate of drug-likeness (QED) is 0.274. The van der Waals surface area contributed by atoms with Crippen molar-refractivity contribution in [3.8, 4) is 0 Å². The smallest absolute Gasteiger partial charge is 0.305 e. The Kier molecular flexibility index (Phi) is 13.3. The molecule has 2 aromatic rings. The van der Waals surface area contributed by atoms with E-state index in [9.17, 15) is 14.4 Å². The van der Waals surface area contributed by atoms with Crippen LogP contribution in [0, 0.1) is 0 Å². The van der Waals surface area contributed by atoms with E-state index < -0.39 is 6.04 Å². The van der Waals surface area contributed by atoms with Crippen molar-refractivity contribution < 1.29 is 29.0 Å². The van der Waals surface area contributed by atoms with Gasteiger partial charge in [-0.3, -0.25) is 24.1 Å². The number of hydrogen-bond donors (Lipinski definition) is 2. The lowest BCUT2D eigenvalue weighted by atomic mass is 10.0. The van der Waals surface area contributed by atoms with E-state index in [0.29, 0.717) is 36.1 Å². The third-order valence-electron chi connectivity index (χ3n) is 9.17. The van der Waals surface area contributed by atoms with Crippen molar-refractivity contribution in [2.75, 3.05) is 26.2 Å². The number of esters is 1. The summed E-state index contributed by atoms with van der Waals surface area (Å²) < 4.78 is 5.21. The Balaban J connectivity index is 0.00000154. The van der Waals surface area contributed by atoms with E-state index in [2.05, 4.69) is 17.0 Å². The second-order valence-electron chi connectivity index (χ2n) is 12.0. The summed E-state index contributed by atoms with van der Waals surface area (Å²) in [5.74, 6) is -0.569. The molecule has 3 aliphatic rings. The Morgan fingerprint density at radius 1 is 1.09 bits per heavy atom. The van der Waals surface area contributed by atoms with Gasteiger partial charge in [-0.1, -0.05) is 59.6 Å². The lowest BCUT2D eigenvalue weighted by molar-refractivity contribution is -0.150. The number of ether oxygens (including phenoxy) is 1. The number of hydrogen-bond acceptors (Lipinski definition) is 7. The topological polar surface area (TPSA) is 133 Å². The molecule has 3 aliphatic heterocycles. The van der Waals surface area contributed by atoms with Crippen LogP contribution in [0.5, 0.6) is 0 Å². The molecule has 0 saturated carbocycles. The van der Waals surface area contributed by atoms with Crippen molar-refractivity contribution in [3.63, 3.8) is 0 Å². The summed E-state index contributed by atoms with van der Waals surface area (Å²) >= 11 is 12.5. The minimum absolute atomic E-state index is 0.0602. The van der Waals surface area contributed by atoms with Crippen LogP contribution in [0.15, 0.2) is 48.5 Å². The van der Waals surface area contributed by atoms with Gasteiger partial charge in [0.05, 0.1) is 28.7 Å². The Hall–Kier alpha value is -3.18. The molecule has 3 heterocycles. The molecule has 0 aromatic heterocycles. The second-order valence-corrected chi connectivity index (χ2v) is 12.8. The maximum atomic E-state index is 14.4. The van der Waals surface area contributed by atoms with Gasteiger partial charge in [-0.25, -0.2) is 0 Å². The number of carbonyl (C=O) groups excluding carboxylic acids is 3. The zero-order chi connectivity index (χ0) is 33.2. The van der Waals surface area contributed by atoms with Crippen LogP contribution in [0.4, 0.5) is 0 Å². The predicted octanol–water partition coefficient (Wildman–Crippen LogP) is 4.70. The number of fused-ring (bicyclic) bond motifs is 1. The van der Waals surface area contributed by atoms with E-state index in [-0.39, 0.29) is 67.9 Å². The number of nitrogens with two attached hydrogens (primary N) is 1. The summed E-state index contributed by atoms with van der Waals surface area (Å²) in [6.45, 7) is 3.46. The number of benzene rings is 2. The van der Waals surface area contributed by atoms with Crippen LogP contribution in [0.3, 0.4) is 0 Å². The highest BCUT2D eigenvalue weighted by molar-refractivity contribution is 6.42. The summed E-state index contributed by atoms with van der Waals surface area (Å²) in [5.41, 5.74) is 8.61. The second kappa shape index (κ2) is 17.1. The number of likely N-dealkylation sites (tertiary alicyclic amines) is 1. The van der Waals surface area contributed by atoms with E-state index >= 15 is 0 Å². The Morgan fingerprint density at radius 3 is 2.52 bits per heavy atom. The zero-order valence-electron chi connectivity index (χ0n) is 26.2. The minimum atomic E-state index is -0.771. The molecule has 0 spiro atoms. The van der Waals surface area contributed by atoms with Crippen molar-refractivity contribution in [1.29, 1.82) is 0 Å². The number of aryl methyl sites for hydroxylation is 1. The first-order chi connectivity index (χ1) is 22.2. The average molecular weight is 676 g/mol. The maximum Gasteiger partial charge on any atom is 0.305 e. The molecule has 250 valence electrons. The molecule has 3 saturated heterocycles. The van der Waals surface area contributed by atoms with Crippen LogP contribution < -0.4 is 5.73 Å². The first-order valence-electron chi connectivity index (χ1n) is 16.0. The lowest BCUT2D eigenvalue weighted by Gasteiger charge is -2.36. The van der Waals surface area contributed by atoms with E-state index in [0.717, 1.165) is 37.7 Å². The van der Waals surface area contributed by atoms with Crippen LogP contribution >= 0.6 is 23.2 Å². The summed E-state index contributed by atoms with van der Waals surface area (Å²) in [7, 11) is 0. The van der Waals surface area contributed by atoms with E-state index in [1.807, 2.05) is 35.2 Å². The summed E-state index contributed by atoms with van der Waals surface area (Å²) in [6.07, 6.45) is 5.00. The van der Waals surface area contributed by atoms with Crippen molar-refractivity contribution in [2.45, 2.75) is 88.5 Å². The number of amides is 2. The largest absolute Gasteiger partial charge is 0.483 e. The van der Waals surface area contributed by atoms with Crippen LogP contribution in [0.25, 0.3) is 0 Å². The highest BCUT2D eigenvalue weighted by atomic mass is 35.5. The lowest BCUT2D eigenvalue weighted by Crippen LogP contribution is -2.54. The first-order valence-corrected chi connectivity index (χ1v) is 16.8. The molecular weight excluding hydrogens is 631 g/mol. The highest BCUT2D eigenvalue weighted by Crippen LogP contribution is 2.37. The van der Waals surface area contributed by atoms with Crippen molar-refractivity contribution >= 4 is 47.5 Å². The molecule has 2 amide bonds. The van der Waals surface area contributed by atoms with Gasteiger partial charge in [-0.2, -0.15) is 0 Å². The zero-order valence-corrected chi connectivity index (χ0v) is 27.7. The van der Waals surface area contributed by atoms with Gasteiger partial charge in [-0.15, -0.1) is 0 Å². The Labute approximate surface area is 280 Å². The van der Waals surface area contributed by atoms with E-state index in [1.54, 1.807) is 17.9 Å². The van der Waals surface area contributed by atoms with E-state index in [1.165, 1.54) is 5.56 Å². The number of nitrogens with zero attached hydrogens (tertiary/aromatic N) is 3. The molecule has 5 rings (SSSR count). The Morgan fingerprint density at radius 2 is 1.83 bits per heavy atom. The SMILES string of the molecule is CCOC(=O)CC[C@H](C(=O)N1CCC[C@H]1c1ccc(Cl)c(Cl)c1)N1CCC(CCc2ccccc2)N2C[C@H](N)C[C@H]2C1=O.O=CO. The monoisotopic (exact) mass is 674 g/mol. The molecule has 1 unspecified atom stereocenters. The number of rotatable bonds is 10. The molecule has 2 aromatic carbocycles. The molecule has 0 radical (unpaired) electrons. The number of carboxylic acid groups (broad SMARTS) is 1. The maximum absolute atomic E-state index is 14.4. The fraction of sp³-hybridized carbons (Fsp3) is 0.529. The molecular formula is C34H44Cl2N4O6. The van der Waals surface area contributed by atoms with Gasteiger partial charge in [0.15, 0.2) is 0 Å². The van der Waals surface area contributed by atoms with Gasteiger partial charge in [-0.05, 0) is 75.1 Å². The Bertz CT molecular complexity index is 1350. The molecule has 12 heteroatoms. The molecule has 3 fully saturated rings. The van der Waals surface area contributed by atoms with Gasteiger partial charge in [0.1, 0.15) is 6.04 Å². The summed E-state index contributed by atoms with van der Waals surface area (Å²) in [6, 6.07) is 14.6. The predicted molar refractivity (Wildman–Crippen MR) is 176 cm³/mol. The highest BCUT2D eigenvalue weighted by Gasteiger charge is 2.47. The molecule has 3 N–H and O–H groups in total. The third kappa shape index (κ3) is 8.79. The van der Waals surface area contributed by atoms with Crippen LogP contribution in [-0.4, -0.2) is 94.5 Å². The van der Waals surface area contributed by atoms with E-state index in [4.69, 9.17) is 43.6 Å². The first kappa shape index (κ1) is 35.7. The molecule has 10 nitrogen and oxygen atoms in total. The van der Waals surface area contributed by atoms with Crippen LogP contribution in [0.1, 0.15) is 69.0 Å². The van der Waals surface area contributed by atoms with Crippen LogP contribution in [0.2, 0.25) is 10.0 Å². The summed E-state index contributed by atoms with van der Waals surface area (Å²) in [5, 5.41) is 7.80. The van der Waals surface area contributed by atoms with Crippen molar-refractivity contribution in [3.05, 3.63) is 69.7 Å². The van der Waals surface area contributed by atoms with Gasteiger partial charge in [0.2, 0.25) is 11.8 Å². The van der Waals surface area contributed by atoms with Gasteiger partial charge < -0.3 is 25.4 Å². The summed E-state index contributed by atoms with van der Waals surface area (Å²) in [4.78, 5) is 55.4. The molecule has 0 aliphatic carbocycles. The average Bonchev–Trinajstić information content (AvgIpc) is 3.66. The molecule has 5 atom stereocenters. The standard InChI is InChI=1S/C33H42Cl2N4O4.CH2O2/c1-2-43-31(40)15-14-29(32(41)37-17-6-9-28(37)23-11-13-26(34)27(35)19-23)38-18-16-25(12-10-22-7-4-3-5-8-22)39-21-24(36)20-30(39)33(38)42;2-1-3/h3-5,7-8,11,13,19,24-25,28-30H,2,6,9-10,12,14-18,20-21,36H2,1H3;1H,(H,2,3)/t24-,25?,28+,29-,30+;/m1./s1. The van der Waals surface area contributed by atoms with Crippen LogP contribution in [-0.2, 0) is 30.3 Å². The van der Waals surface area contributed by atoms with Gasteiger partial charge >= 0.3 is 5.97 Å². The molecule has 0 bridgehead atoms. The van der Waals surface area contributed by atoms with Gasteiger partial charge in [0.25, 0.3) is 6.47 Å². The normalized spacial score (nSPS) is 23.6. The third-order valence-corrected chi connectivity index (χ3v) is 9.91. The minimum Gasteiger partial charge on any atom is -0.483 e. The van der Waals surface area contributed by atoms with Gasteiger partial charge in [0, 0.05) is 38.1 Å². The fourth-order valence-corrected chi connectivity index (χ4v) is 7.39. The number of halogens is 2. The fourth-order valence-electron chi connectivity index (χ4n) is 7.08. The van der Waals surface area contributed by atoms with Crippen molar-refractivity contribution in [2.24, 2.45) is 5.73 Å². The number of carbonyl (C=O) groups is 4. The van der Waals surface area contributed by atoms with Crippen molar-refractivity contribution in [1.82, 2.24) is 14.7 Å². The molecule has 46 heavy (non-hydrogen) atoms.